The van der Waals surface area contributed by atoms with Gasteiger partial charge in [-0.05, 0) is 37.7 Å². The van der Waals surface area contributed by atoms with Gasteiger partial charge in [-0.3, -0.25) is 4.90 Å². The topological polar surface area (TPSA) is 53.7 Å². The molecule has 1 aromatic heterocycles. The maximum absolute atomic E-state index is 10.9. The van der Waals surface area contributed by atoms with Gasteiger partial charge in [0.15, 0.2) is 0 Å². The Morgan fingerprint density at radius 3 is 2.67 bits per heavy atom. The Balaban J connectivity index is 1.68. The zero-order valence-corrected chi connectivity index (χ0v) is 10.7. The number of hydrogen-bond donors (Lipinski definition) is 1. The molecule has 4 nitrogen and oxygen atoms in total. The standard InChI is InChI=1S/C14H19NO3/c1-9-12(5-13(18-9)14(16)17)8-15-6-10-3-2-4-11(10)7-15/h5,10-11H,2-4,6-8H2,1H3,(H,16,17). The normalized spacial score (nSPS) is 27.6. The van der Waals surface area contributed by atoms with Gasteiger partial charge in [-0.1, -0.05) is 6.42 Å². The number of aromatic carboxylic acids is 1. The van der Waals surface area contributed by atoms with Gasteiger partial charge in [0, 0.05) is 25.2 Å². The van der Waals surface area contributed by atoms with Crippen LogP contribution in [0.4, 0.5) is 0 Å². The second-order valence-corrected chi connectivity index (χ2v) is 5.64. The molecule has 2 aliphatic rings. The van der Waals surface area contributed by atoms with Gasteiger partial charge < -0.3 is 9.52 Å². The van der Waals surface area contributed by atoms with Crippen molar-refractivity contribution in [3.63, 3.8) is 0 Å². The number of fused-ring (bicyclic) bond motifs is 1. The van der Waals surface area contributed by atoms with Crippen molar-refractivity contribution in [1.82, 2.24) is 4.90 Å². The van der Waals surface area contributed by atoms with Gasteiger partial charge in [0.2, 0.25) is 5.76 Å². The van der Waals surface area contributed by atoms with Crippen molar-refractivity contribution in [3.05, 3.63) is 23.2 Å². The molecule has 1 aliphatic heterocycles. The first-order chi connectivity index (χ1) is 8.63. The summed E-state index contributed by atoms with van der Waals surface area (Å²) in [5.41, 5.74) is 1.02. The number of rotatable bonds is 3. The van der Waals surface area contributed by atoms with Gasteiger partial charge in [-0.25, -0.2) is 4.79 Å². The monoisotopic (exact) mass is 249 g/mol. The van der Waals surface area contributed by atoms with E-state index in [1.165, 1.54) is 19.3 Å². The van der Waals surface area contributed by atoms with Crippen molar-refractivity contribution in [2.75, 3.05) is 13.1 Å². The first kappa shape index (κ1) is 11.8. The summed E-state index contributed by atoms with van der Waals surface area (Å²) >= 11 is 0. The molecule has 2 atom stereocenters. The Morgan fingerprint density at radius 2 is 2.11 bits per heavy atom. The Bertz CT molecular complexity index is 454. The van der Waals surface area contributed by atoms with Gasteiger partial charge in [-0.15, -0.1) is 0 Å². The second-order valence-electron chi connectivity index (χ2n) is 5.64. The van der Waals surface area contributed by atoms with Crippen LogP contribution < -0.4 is 0 Å². The van der Waals surface area contributed by atoms with Crippen molar-refractivity contribution in [2.24, 2.45) is 11.8 Å². The molecule has 0 radical (unpaired) electrons. The lowest BCUT2D eigenvalue weighted by Gasteiger charge is -2.15. The molecule has 0 aromatic carbocycles. The number of furan rings is 1. The number of carboxylic acid groups (broad SMARTS) is 1. The fraction of sp³-hybridized carbons (Fsp3) is 0.643. The third-order valence-corrected chi connectivity index (χ3v) is 4.43. The van der Waals surface area contributed by atoms with Crippen LogP contribution in [0.25, 0.3) is 0 Å². The van der Waals surface area contributed by atoms with E-state index in [1.54, 1.807) is 6.07 Å². The lowest BCUT2D eigenvalue weighted by Crippen LogP contribution is -2.21. The summed E-state index contributed by atoms with van der Waals surface area (Å²) in [6, 6.07) is 1.67. The quantitative estimate of drug-likeness (QED) is 0.894. The van der Waals surface area contributed by atoms with Crippen LogP contribution in [0.5, 0.6) is 0 Å². The SMILES string of the molecule is Cc1oc(C(=O)O)cc1CN1CC2CCCC2C1. The lowest BCUT2D eigenvalue weighted by molar-refractivity contribution is 0.0661. The van der Waals surface area contributed by atoms with Crippen molar-refractivity contribution in [3.8, 4) is 0 Å². The molecule has 4 heteroatoms. The van der Waals surface area contributed by atoms with Crippen LogP contribution in [0.15, 0.2) is 10.5 Å². The van der Waals surface area contributed by atoms with Crippen molar-refractivity contribution >= 4 is 5.97 Å². The van der Waals surface area contributed by atoms with Crippen molar-refractivity contribution < 1.29 is 14.3 Å². The molecule has 1 aliphatic carbocycles. The molecule has 1 N–H and O–H groups in total. The predicted molar refractivity (Wildman–Crippen MR) is 66.5 cm³/mol. The minimum atomic E-state index is -0.984. The molecule has 2 fully saturated rings. The molecule has 98 valence electrons. The fourth-order valence-electron chi connectivity index (χ4n) is 3.48. The highest BCUT2D eigenvalue weighted by Gasteiger charge is 2.36. The molecule has 1 saturated carbocycles. The molecular formula is C14H19NO3. The number of carbonyl (C=O) groups is 1. The minimum Gasteiger partial charge on any atom is -0.475 e. The molecule has 3 rings (SSSR count). The van der Waals surface area contributed by atoms with E-state index >= 15 is 0 Å². The highest BCUT2D eigenvalue weighted by atomic mass is 16.4. The zero-order valence-electron chi connectivity index (χ0n) is 10.7. The third-order valence-electron chi connectivity index (χ3n) is 4.43. The summed E-state index contributed by atoms with van der Waals surface area (Å²) in [7, 11) is 0. The van der Waals surface area contributed by atoms with E-state index in [4.69, 9.17) is 9.52 Å². The number of carboxylic acids is 1. The summed E-state index contributed by atoms with van der Waals surface area (Å²) in [4.78, 5) is 13.3. The Kier molecular flexibility index (Phi) is 2.90. The number of likely N-dealkylation sites (tertiary alicyclic amines) is 1. The van der Waals surface area contributed by atoms with Gasteiger partial charge in [0.25, 0.3) is 0 Å². The summed E-state index contributed by atoms with van der Waals surface area (Å²) in [6.45, 7) is 5.00. The van der Waals surface area contributed by atoms with Crippen LogP contribution >= 0.6 is 0 Å². The third kappa shape index (κ3) is 2.05. The Labute approximate surface area is 107 Å². The number of aryl methyl sites for hydroxylation is 1. The van der Waals surface area contributed by atoms with E-state index < -0.39 is 5.97 Å². The van der Waals surface area contributed by atoms with Gasteiger partial charge in [0.1, 0.15) is 5.76 Å². The smallest absolute Gasteiger partial charge is 0.371 e. The summed E-state index contributed by atoms with van der Waals surface area (Å²) in [6.07, 6.45) is 4.12. The van der Waals surface area contributed by atoms with Crippen LogP contribution in [-0.4, -0.2) is 29.1 Å². The van der Waals surface area contributed by atoms with Crippen molar-refractivity contribution in [1.29, 1.82) is 0 Å². The molecular weight excluding hydrogens is 230 g/mol. The van der Waals surface area contributed by atoms with Crippen LogP contribution in [0.3, 0.4) is 0 Å². The van der Waals surface area contributed by atoms with E-state index in [2.05, 4.69) is 4.90 Å². The molecule has 18 heavy (non-hydrogen) atoms. The van der Waals surface area contributed by atoms with Gasteiger partial charge in [0.05, 0.1) is 0 Å². The van der Waals surface area contributed by atoms with E-state index in [-0.39, 0.29) is 5.76 Å². The largest absolute Gasteiger partial charge is 0.475 e. The van der Waals surface area contributed by atoms with Crippen LogP contribution in [0, 0.1) is 18.8 Å². The van der Waals surface area contributed by atoms with Crippen molar-refractivity contribution in [2.45, 2.75) is 32.7 Å². The summed E-state index contributed by atoms with van der Waals surface area (Å²) in [5, 5.41) is 8.91. The Hall–Kier alpha value is -1.29. The second kappa shape index (κ2) is 4.43. The molecule has 0 spiro atoms. The molecule has 2 heterocycles. The fourth-order valence-corrected chi connectivity index (χ4v) is 3.48. The average Bonchev–Trinajstić information content (AvgIpc) is 2.94. The first-order valence-corrected chi connectivity index (χ1v) is 6.68. The van der Waals surface area contributed by atoms with Crippen LogP contribution in [-0.2, 0) is 6.54 Å². The van der Waals surface area contributed by atoms with Gasteiger partial charge >= 0.3 is 5.97 Å². The molecule has 2 unspecified atom stereocenters. The van der Waals surface area contributed by atoms with E-state index in [1.807, 2.05) is 6.92 Å². The van der Waals surface area contributed by atoms with E-state index in [9.17, 15) is 4.79 Å². The molecule has 1 aromatic rings. The first-order valence-electron chi connectivity index (χ1n) is 6.68. The Morgan fingerprint density at radius 1 is 1.44 bits per heavy atom. The summed E-state index contributed by atoms with van der Waals surface area (Å²) < 4.78 is 5.25. The molecule has 0 amide bonds. The summed E-state index contributed by atoms with van der Waals surface area (Å²) in [5.74, 6) is 1.56. The maximum Gasteiger partial charge on any atom is 0.371 e. The average molecular weight is 249 g/mol. The molecule has 1 saturated heterocycles. The maximum atomic E-state index is 10.9. The number of nitrogens with zero attached hydrogens (tertiary/aromatic N) is 1. The van der Waals surface area contributed by atoms with Crippen LogP contribution in [0.1, 0.15) is 41.1 Å². The van der Waals surface area contributed by atoms with E-state index in [0.717, 1.165) is 42.8 Å². The predicted octanol–water partition coefficient (Wildman–Crippen LogP) is 2.52. The molecule has 0 bridgehead atoms. The highest BCUT2D eigenvalue weighted by molar-refractivity contribution is 5.84. The van der Waals surface area contributed by atoms with E-state index in [0.29, 0.717) is 0 Å². The zero-order chi connectivity index (χ0) is 12.7. The highest BCUT2D eigenvalue weighted by Crippen LogP contribution is 2.38. The number of hydrogen-bond acceptors (Lipinski definition) is 3. The minimum absolute atomic E-state index is 0.0573. The van der Waals surface area contributed by atoms with Crippen LogP contribution in [0.2, 0.25) is 0 Å². The lowest BCUT2D eigenvalue weighted by atomic mass is 10.0. The van der Waals surface area contributed by atoms with Gasteiger partial charge in [-0.2, -0.15) is 0 Å².